The van der Waals surface area contributed by atoms with E-state index in [1.165, 1.54) is 44.6 Å². The Morgan fingerprint density at radius 2 is 1.07 bits per heavy atom. The van der Waals surface area contributed by atoms with Crippen LogP contribution in [0.15, 0.2) is 200 Å². The average molecular weight is 905 g/mol. The minimum Gasteiger partial charge on any atom is -0.457 e. The molecule has 0 spiro atoms. The first-order valence-electron chi connectivity index (χ1n) is 24.4. The summed E-state index contributed by atoms with van der Waals surface area (Å²) in [6.07, 6.45) is 4.31. The maximum absolute atomic E-state index is 7.13. The second-order valence-corrected chi connectivity index (χ2v) is 21.9. The van der Waals surface area contributed by atoms with E-state index in [2.05, 4.69) is 272 Å². The molecule has 0 saturated carbocycles. The minimum atomic E-state index is -0.325. The van der Waals surface area contributed by atoms with Crippen LogP contribution in [0.1, 0.15) is 97.1 Å². The van der Waals surface area contributed by atoms with E-state index in [4.69, 9.17) is 9.72 Å². The molecule has 9 aromatic rings. The molecule has 7 aromatic carbocycles. The zero-order valence-electron chi connectivity index (χ0n) is 41.9. The van der Waals surface area contributed by atoms with Gasteiger partial charge < -0.3 is 14.5 Å². The monoisotopic (exact) mass is 905 g/mol. The Balaban J connectivity index is 1.11. The van der Waals surface area contributed by atoms with E-state index in [0.717, 1.165) is 50.6 Å². The molecule has 1 aliphatic rings. The van der Waals surface area contributed by atoms with Crippen LogP contribution in [0.25, 0.3) is 38.8 Å². The highest BCUT2D eigenvalue weighted by molar-refractivity contribution is 6.09. The van der Waals surface area contributed by atoms with Gasteiger partial charge in [0.2, 0.25) is 0 Å². The van der Waals surface area contributed by atoms with Gasteiger partial charge in [0.15, 0.2) is 0 Å². The van der Waals surface area contributed by atoms with E-state index in [9.17, 15) is 0 Å². The van der Waals surface area contributed by atoms with Crippen molar-refractivity contribution in [2.24, 2.45) is 0 Å². The SMILES string of the molecule is CC(C)(C)c1cccc(N2C=C(C(C)(C)c3ccccc3)N(c3cc(Oc4ccc5c6cc(C(C)(C)C)ccc6n(-c6cc(C(C)(C)c7ccccc7)ccn6)c5c4)cc(-c4ccccc4)c3)C2)c1. The molecule has 0 atom stereocenters. The first kappa shape index (κ1) is 45.4. The molecule has 0 bridgehead atoms. The predicted molar refractivity (Wildman–Crippen MR) is 290 cm³/mol. The highest BCUT2D eigenvalue weighted by Crippen LogP contribution is 2.45. The van der Waals surface area contributed by atoms with Crippen molar-refractivity contribution < 1.29 is 4.74 Å². The van der Waals surface area contributed by atoms with Crippen LogP contribution < -0.4 is 14.5 Å². The zero-order valence-corrected chi connectivity index (χ0v) is 41.9. The van der Waals surface area contributed by atoms with Crippen LogP contribution >= 0.6 is 0 Å². The number of hydrogen-bond acceptors (Lipinski definition) is 4. The van der Waals surface area contributed by atoms with Crippen LogP contribution in [0.5, 0.6) is 11.5 Å². The van der Waals surface area contributed by atoms with Crippen molar-refractivity contribution in [2.45, 2.75) is 90.9 Å². The fourth-order valence-electron chi connectivity index (χ4n) is 9.98. The topological polar surface area (TPSA) is 33.5 Å². The van der Waals surface area contributed by atoms with Crippen molar-refractivity contribution in [3.8, 4) is 28.4 Å². The molecule has 5 nitrogen and oxygen atoms in total. The summed E-state index contributed by atoms with van der Waals surface area (Å²) in [5.41, 5.74) is 13.5. The lowest BCUT2D eigenvalue weighted by Crippen LogP contribution is -2.34. The van der Waals surface area contributed by atoms with Gasteiger partial charge in [0, 0.05) is 63.2 Å². The third-order valence-corrected chi connectivity index (χ3v) is 14.4. The lowest BCUT2D eigenvalue weighted by Gasteiger charge is -2.34. The summed E-state index contributed by atoms with van der Waals surface area (Å²) >= 11 is 0. The number of allylic oxidation sites excluding steroid dienone is 1. The number of fused-ring (bicyclic) bond motifs is 3. The number of benzene rings is 7. The van der Waals surface area contributed by atoms with Crippen LogP contribution in [0.4, 0.5) is 11.4 Å². The Morgan fingerprint density at radius 1 is 0.435 bits per heavy atom. The van der Waals surface area contributed by atoms with Gasteiger partial charge in [-0.1, -0.05) is 178 Å². The molecule has 0 unspecified atom stereocenters. The summed E-state index contributed by atoms with van der Waals surface area (Å²) in [6.45, 7) is 23.6. The normalized spacial score (nSPS) is 13.6. The summed E-state index contributed by atoms with van der Waals surface area (Å²) in [5, 5.41) is 2.35. The van der Waals surface area contributed by atoms with E-state index in [1.54, 1.807) is 0 Å². The molecule has 69 heavy (non-hydrogen) atoms. The van der Waals surface area contributed by atoms with Crippen molar-refractivity contribution in [1.82, 2.24) is 9.55 Å². The summed E-state index contributed by atoms with van der Waals surface area (Å²) < 4.78 is 9.44. The Kier molecular flexibility index (Phi) is 11.4. The van der Waals surface area contributed by atoms with Gasteiger partial charge in [-0.25, -0.2) is 4.98 Å². The molecule has 0 saturated heterocycles. The molecule has 0 N–H and O–H groups in total. The van der Waals surface area contributed by atoms with E-state index >= 15 is 0 Å². The Labute approximate surface area is 409 Å². The molecule has 0 aliphatic carbocycles. The van der Waals surface area contributed by atoms with Gasteiger partial charge in [0.1, 0.15) is 17.3 Å². The molecule has 1 aliphatic heterocycles. The first-order chi connectivity index (χ1) is 32.9. The third-order valence-electron chi connectivity index (χ3n) is 14.4. The molecule has 3 heterocycles. The summed E-state index contributed by atoms with van der Waals surface area (Å²) in [5.74, 6) is 2.39. The number of rotatable bonds is 10. The number of aromatic nitrogens is 2. The highest BCUT2D eigenvalue weighted by atomic mass is 16.5. The Hall–Kier alpha value is -7.37. The summed E-state index contributed by atoms with van der Waals surface area (Å²) in [7, 11) is 0. The van der Waals surface area contributed by atoms with Crippen molar-refractivity contribution in [1.29, 1.82) is 0 Å². The fourth-order valence-corrected chi connectivity index (χ4v) is 9.98. The largest absolute Gasteiger partial charge is 0.457 e. The third kappa shape index (κ3) is 8.72. The number of pyridine rings is 1. The van der Waals surface area contributed by atoms with Crippen LogP contribution in [-0.2, 0) is 21.7 Å². The summed E-state index contributed by atoms with van der Waals surface area (Å²) in [4.78, 5) is 9.94. The van der Waals surface area contributed by atoms with Gasteiger partial charge in [0.05, 0.1) is 17.7 Å². The molecule has 2 aromatic heterocycles. The molecule has 0 fully saturated rings. The van der Waals surface area contributed by atoms with Gasteiger partial charge >= 0.3 is 0 Å². The maximum Gasteiger partial charge on any atom is 0.137 e. The zero-order chi connectivity index (χ0) is 48.3. The molecule has 0 amide bonds. The molecular formula is C64H64N4O. The second-order valence-electron chi connectivity index (χ2n) is 21.9. The summed E-state index contributed by atoms with van der Waals surface area (Å²) in [6, 6.07) is 65.8. The average Bonchev–Trinajstić information content (AvgIpc) is 3.95. The lowest BCUT2D eigenvalue weighted by molar-refractivity contribution is 0.483. The number of hydrogen-bond donors (Lipinski definition) is 0. The van der Waals surface area contributed by atoms with Crippen molar-refractivity contribution in [3.63, 3.8) is 0 Å². The highest BCUT2D eigenvalue weighted by Gasteiger charge is 2.36. The smallest absolute Gasteiger partial charge is 0.137 e. The molecule has 10 rings (SSSR count). The van der Waals surface area contributed by atoms with Crippen molar-refractivity contribution in [3.05, 3.63) is 228 Å². The lowest BCUT2D eigenvalue weighted by atomic mass is 9.78. The predicted octanol–water partition coefficient (Wildman–Crippen LogP) is 16.7. The number of anilines is 2. The van der Waals surface area contributed by atoms with Crippen LogP contribution in [0, 0.1) is 0 Å². The van der Waals surface area contributed by atoms with E-state index < -0.39 is 0 Å². The van der Waals surface area contributed by atoms with E-state index in [1.807, 2.05) is 6.20 Å². The van der Waals surface area contributed by atoms with Crippen molar-refractivity contribution in [2.75, 3.05) is 16.5 Å². The van der Waals surface area contributed by atoms with Crippen molar-refractivity contribution >= 4 is 33.2 Å². The van der Waals surface area contributed by atoms with Crippen LogP contribution in [-0.4, -0.2) is 16.2 Å². The molecule has 5 heteroatoms. The molecular weight excluding hydrogens is 841 g/mol. The second kappa shape index (κ2) is 17.3. The van der Waals surface area contributed by atoms with Gasteiger partial charge in [0.25, 0.3) is 0 Å². The first-order valence-corrected chi connectivity index (χ1v) is 24.4. The van der Waals surface area contributed by atoms with E-state index in [0.29, 0.717) is 6.67 Å². The number of ether oxygens (including phenoxy) is 1. The molecule has 346 valence electrons. The van der Waals surface area contributed by atoms with E-state index in [-0.39, 0.29) is 21.7 Å². The number of nitrogens with zero attached hydrogens (tertiary/aromatic N) is 4. The quantitative estimate of drug-likeness (QED) is 0.137. The minimum absolute atomic E-state index is 0.0147. The van der Waals surface area contributed by atoms with Crippen LogP contribution in [0.3, 0.4) is 0 Å². The maximum atomic E-state index is 7.13. The Bertz CT molecular complexity index is 3350. The van der Waals surface area contributed by atoms with Gasteiger partial charge in [-0.15, -0.1) is 0 Å². The van der Waals surface area contributed by atoms with Gasteiger partial charge in [-0.3, -0.25) is 4.57 Å². The van der Waals surface area contributed by atoms with Gasteiger partial charge in [-0.05, 0) is 110 Å². The molecule has 0 radical (unpaired) electrons. The van der Waals surface area contributed by atoms with Gasteiger partial charge in [-0.2, -0.15) is 0 Å². The standard InChI is InChI=1S/C64H64N4O/c1-61(2,3)48-27-20-28-51(37-48)66-42-59(64(9,10)47-25-18-13-19-26-47)67(43-66)52-35-45(44-21-14-11-15-22-44)36-54(40-52)69-53-30-31-55-56-38-49(62(4,5)6)29-32-57(56)68(58(55)41-53)60-39-50(33-34-65-60)63(7,8)46-23-16-12-17-24-46/h11-42H,43H2,1-10H3. The van der Waals surface area contributed by atoms with Crippen LogP contribution in [0.2, 0.25) is 0 Å². The Morgan fingerprint density at radius 3 is 1.75 bits per heavy atom. The fraction of sp³-hybridized carbons (Fsp3) is 0.234.